The van der Waals surface area contributed by atoms with Crippen LogP contribution in [0.25, 0.3) is 0 Å². The van der Waals surface area contributed by atoms with E-state index >= 15 is 0 Å². The summed E-state index contributed by atoms with van der Waals surface area (Å²) in [6.07, 6.45) is 0.790. The molecular weight excluding hydrogens is 194 g/mol. The predicted molar refractivity (Wildman–Crippen MR) is 58.9 cm³/mol. The average Bonchev–Trinajstić information content (AvgIpc) is 2.29. The summed E-state index contributed by atoms with van der Waals surface area (Å²) in [5.74, 6) is 0.465. The first kappa shape index (κ1) is 13.9. The molecule has 86 valence electrons. The first-order valence-corrected chi connectivity index (χ1v) is 5.06. The van der Waals surface area contributed by atoms with Crippen LogP contribution in [0.1, 0.15) is 19.4 Å². The maximum Gasteiger partial charge on any atom is 0.213 e. The highest BCUT2D eigenvalue weighted by atomic mass is 16.5. The molecule has 0 aliphatic rings. The third kappa shape index (κ3) is 6.04. The van der Waals surface area contributed by atoms with Crippen molar-refractivity contribution in [2.75, 3.05) is 13.2 Å². The van der Waals surface area contributed by atoms with Gasteiger partial charge in [-0.25, -0.2) is 4.98 Å². The Morgan fingerprint density at radius 1 is 1.47 bits per heavy atom. The Kier molecular flexibility index (Phi) is 7.58. The topological polar surface area (TPSA) is 62.6 Å². The van der Waals surface area contributed by atoms with Gasteiger partial charge < -0.3 is 14.9 Å². The fraction of sp³-hybridized carbons (Fsp3) is 0.545. The van der Waals surface area contributed by atoms with Gasteiger partial charge in [0.1, 0.15) is 12.7 Å². The van der Waals surface area contributed by atoms with Crippen LogP contribution in [-0.2, 0) is 0 Å². The zero-order chi connectivity index (χ0) is 11.7. The lowest BCUT2D eigenvalue weighted by atomic mass is 10.3. The molecule has 1 atom stereocenters. The molecule has 1 aromatic rings. The Morgan fingerprint density at radius 2 is 2.13 bits per heavy atom. The normalized spacial score (nSPS) is 11.3. The maximum absolute atomic E-state index is 8.99. The van der Waals surface area contributed by atoms with Crippen molar-refractivity contribution in [3.63, 3.8) is 0 Å². The Bertz CT molecular complexity index is 266. The van der Waals surface area contributed by atoms with Crippen molar-refractivity contribution in [1.82, 2.24) is 4.98 Å². The molecule has 4 heteroatoms. The van der Waals surface area contributed by atoms with Gasteiger partial charge in [0.2, 0.25) is 5.88 Å². The number of hydrogen-bond acceptors (Lipinski definition) is 4. The van der Waals surface area contributed by atoms with Gasteiger partial charge in [-0.2, -0.15) is 0 Å². The van der Waals surface area contributed by atoms with Gasteiger partial charge in [-0.05, 0) is 18.6 Å². The summed E-state index contributed by atoms with van der Waals surface area (Å²) in [5.41, 5.74) is 1.04. The molecule has 0 bridgehead atoms. The van der Waals surface area contributed by atoms with Crippen LogP contribution in [0.3, 0.4) is 0 Å². The second kappa shape index (κ2) is 8.20. The van der Waals surface area contributed by atoms with Gasteiger partial charge in [-0.3, -0.25) is 0 Å². The van der Waals surface area contributed by atoms with Gasteiger partial charge >= 0.3 is 0 Å². The second-order valence-corrected chi connectivity index (χ2v) is 2.82. The lowest BCUT2D eigenvalue weighted by Gasteiger charge is -2.08. The number of ether oxygens (including phenoxy) is 1. The van der Waals surface area contributed by atoms with Crippen LogP contribution >= 0.6 is 0 Å². The molecule has 0 amide bonds. The summed E-state index contributed by atoms with van der Waals surface area (Å²) >= 11 is 0. The van der Waals surface area contributed by atoms with E-state index in [0.29, 0.717) is 5.88 Å². The van der Waals surface area contributed by atoms with Crippen LogP contribution in [0, 0.1) is 6.92 Å². The van der Waals surface area contributed by atoms with Crippen molar-refractivity contribution in [3.05, 3.63) is 23.9 Å². The minimum absolute atomic E-state index is 0.0625. The van der Waals surface area contributed by atoms with E-state index in [9.17, 15) is 0 Å². The molecule has 2 N–H and O–H groups in total. The van der Waals surface area contributed by atoms with E-state index < -0.39 is 6.10 Å². The number of aliphatic hydroxyl groups excluding tert-OH is 2. The van der Waals surface area contributed by atoms with Gasteiger partial charge in [0, 0.05) is 12.3 Å². The number of aliphatic hydroxyl groups is 2. The molecule has 15 heavy (non-hydrogen) atoms. The molecule has 0 aliphatic carbocycles. The van der Waals surface area contributed by atoms with Crippen molar-refractivity contribution < 1.29 is 14.9 Å². The molecule has 0 saturated heterocycles. The molecule has 0 saturated carbocycles. The summed E-state index contributed by atoms with van der Waals surface area (Å²) in [4.78, 5) is 3.93. The van der Waals surface area contributed by atoms with E-state index in [-0.39, 0.29) is 13.2 Å². The van der Waals surface area contributed by atoms with Crippen molar-refractivity contribution in [2.24, 2.45) is 0 Å². The molecule has 0 spiro atoms. The van der Waals surface area contributed by atoms with E-state index in [1.807, 2.05) is 26.8 Å². The van der Waals surface area contributed by atoms with E-state index in [0.717, 1.165) is 5.56 Å². The molecule has 0 aliphatic heterocycles. The monoisotopic (exact) mass is 213 g/mol. The number of aryl methyl sites for hydroxylation is 1. The fourth-order valence-electron chi connectivity index (χ4n) is 0.822. The first-order valence-electron chi connectivity index (χ1n) is 5.06. The van der Waals surface area contributed by atoms with Crippen molar-refractivity contribution in [3.8, 4) is 5.88 Å². The van der Waals surface area contributed by atoms with Crippen molar-refractivity contribution >= 4 is 0 Å². The van der Waals surface area contributed by atoms with E-state index in [1.165, 1.54) is 0 Å². The van der Waals surface area contributed by atoms with Gasteiger partial charge in [0.25, 0.3) is 0 Å². The molecule has 0 aromatic carbocycles. The molecule has 0 radical (unpaired) electrons. The smallest absolute Gasteiger partial charge is 0.213 e. The number of hydrogen-bond donors (Lipinski definition) is 2. The van der Waals surface area contributed by atoms with Crippen molar-refractivity contribution in [2.45, 2.75) is 26.9 Å². The Hall–Kier alpha value is -1.13. The van der Waals surface area contributed by atoms with Crippen LogP contribution in [-0.4, -0.2) is 34.5 Å². The fourth-order valence-corrected chi connectivity index (χ4v) is 0.822. The zero-order valence-corrected chi connectivity index (χ0v) is 9.47. The highest BCUT2D eigenvalue weighted by Gasteiger charge is 2.03. The summed E-state index contributed by atoms with van der Waals surface area (Å²) in [5, 5.41) is 17.5. The van der Waals surface area contributed by atoms with E-state index in [2.05, 4.69) is 4.98 Å². The minimum Gasteiger partial charge on any atom is -0.475 e. The second-order valence-electron chi connectivity index (χ2n) is 2.82. The van der Waals surface area contributed by atoms with Crippen molar-refractivity contribution in [1.29, 1.82) is 0 Å². The van der Waals surface area contributed by atoms with Crippen LogP contribution in [0.2, 0.25) is 0 Å². The molecule has 1 aromatic heterocycles. The molecule has 1 unspecified atom stereocenters. The third-order valence-electron chi connectivity index (χ3n) is 1.52. The summed E-state index contributed by atoms with van der Waals surface area (Å²) in [6, 6.07) is 3.62. The molecule has 0 fully saturated rings. The SMILES string of the molecule is CC.Cc1ccnc(OCC(O)CO)c1. The molecule has 1 rings (SSSR count). The van der Waals surface area contributed by atoms with Gasteiger partial charge in [-0.1, -0.05) is 13.8 Å². The minimum atomic E-state index is -0.845. The third-order valence-corrected chi connectivity index (χ3v) is 1.52. The Labute approximate surface area is 90.5 Å². The van der Waals surface area contributed by atoms with Gasteiger partial charge in [0.05, 0.1) is 6.61 Å². The summed E-state index contributed by atoms with van der Waals surface area (Å²) in [7, 11) is 0. The molecule has 4 nitrogen and oxygen atoms in total. The highest BCUT2D eigenvalue weighted by molar-refractivity contribution is 5.18. The van der Waals surface area contributed by atoms with E-state index in [1.54, 1.807) is 12.3 Å². The lowest BCUT2D eigenvalue weighted by molar-refractivity contribution is 0.0521. The van der Waals surface area contributed by atoms with Gasteiger partial charge in [0.15, 0.2) is 0 Å². The molecular formula is C11H19NO3. The largest absolute Gasteiger partial charge is 0.475 e. The highest BCUT2D eigenvalue weighted by Crippen LogP contribution is 2.07. The Morgan fingerprint density at radius 3 is 2.67 bits per heavy atom. The van der Waals surface area contributed by atoms with Crippen LogP contribution in [0.5, 0.6) is 5.88 Å². The number of pyridine rings is 1. The standard InChI is InChI=1S/C9H13NO3.C2H6/c1-7-2-3-10-9(4-7)13-6-8(12)5-11;1-2/h2-4,8,11-12H,5-6H2,1H3;1-2H3. The number of aromatic nitrogens is 1. The quantitative estimate of drug-likeness (QED) is 0.787. The van der Waals surface area contributed by atoms with Crippen LogP contribution < -0.4 is 4.74 Å². The van der Waals surface area contributed by atoms with Crippen LogP contribution in [0.4, 0.5) is 0 Å². The summed E-state index contributed by atoms with van der Waals surface area (Å²) < 4.78 is 5.12. The van der Waals surface area contributed by atoms with E-state index in [4.69, 9.17) is 14.9 Å². The number of rotatable bonds is 4. The zero-order valence-electron chi connectivity index (χ0n) is 9.47. The molecule has 1 heterocycles. The lowest BCUT2D eigenvalue weighted by Crippen LogP contribution is -2.21. The maximum atomic E-state index is 8.99. The first-order chi connectivity index (χ1) is 7.22. The summed E-state index contributed by atoms with van der Waals surface area (Å²) in [6.45, 7) is 5.69. The number of nitrogens with zero attached hydrogens (tertiary/aromatic N) is 1. The van der Waals surface area contributed by atoms with Crippen LogP contribution in [0.15, 0.2) is 18.3 Å². The van der Waals surface area contributed by atoms with Gasteiger partial charge in [-0.15, -0.1) is 0 Å². The predicted octanol–water partition coefficient (Wildman–Crippen LogP) is 1.15. The average molecular weight is 213 g/mol. The Balaban J connectivity index is 0.000000921.